The highest BCUT2D eigenvalue weighted by atomic mass is 16.5. The number of carbonyl (C=O) groups excluding carboxylic acids is 1. The third-order valence-electron chi connectivity index (χ3n) is 6.36. The zero-order valence-corrected chi connectivity index (χ0v) is 15.9. The van der Waals surface area contributed by atoms with E-state index in [1.165, 1.54) is 6.39 Å². The standard InChI is InChI=1S/C21H24N2O4/c1-13-17(26-12-22-13)19(24)23-9-21(10-23)8-15-18(25-11-21)14-6-4-5-7-16(14)27-20(15,2)3/h4-7,12,15,18H,8-11H2,1-3H3/t15-,18+/m0/s1. The van der Waals surface area contributed by atoms with Gasteiger partial charge in [-0.25, -0.2) is 4.98 Å². The molecule has 1 aromatic heterocycles. The molecule has 0 N–H and O–H groups in total. The molecule has 6 nitrogen and oxygen atoms in total. The normalized spacial score (nSPS) is 27.3. The number of hydrogen-bond acceptors (Lipinski definition) is 5. The van der Waals surface area contributed by atoms with Crippen LogP contribution in [0.15, 0.2) is 35.1 Å². The Kier molecular flexibility index (Phi) is 3.47. The maximum atomic E-state index is 12.6. The Morgan fingerprint density at radius 2 is 2.04 bits per heavy atom. The quantitative estimate of drug-likeness (QED) is 0.772. The molecule has 2 fully saturated rings. The Bertz CT molecular complexity index is 897. The van der Waals surface area contributed by atoms with Crippen molar-refractivity contribution in [2.24, 2.45) is 11.3 Å². The van der Waals surface area contributed by atoms with E-state index >= 15 is 0 Å². The Morgan fingerprint density at radius 1 is 1.26 bits per heavy atom. The van der Waals surface area contributed by atoms with Crippen LogP contribution in [-0.2, 0) is 4.74 Å². The first-order valence-corrected chi connectivity index (χ1v) is 9.47. The summed E-state index contributed by atoms with van der Waals surface area (Å²) >= 11 is 0. The number of aryl methyl sites for hydroxylation is 1. The average molecular weight is 368 g/mol. The van der Waals surface area contributed by atoms with Gasteiger partial charge in [-0.1, -0.05) is 18.2 Å². The van der Waals surface area contributed by atoms with Crippen molar-refractivity contribution in [1.82, 2.24) is 9.88 Å². The molecule has 2 saturated heterocycles. The summed E-state index contributed by atoms with van der Waals surface area (Å²) in [6, 6.07) is 8.16. The molecule has 4 heterocycles. The fraction of sp³-hybridized carbons (Fsp3) is 0.524. The van der Waals surface area contributed by atoms with Crippen molar-refractivity contribution in [3.05, 3.63) is 47.7 Å². The number of nitrogens with zero attached hydrogens (tertiary/aromatic N) is 2. The van der Waals surface area contributed by atoms with Crippen LogP contribution >= 0.6 is 0 Å². The second-order valence-corrected chi connectivity index (χ2v) is 8.71. The van der Waals surface area contributed by atoms with Crippen molar-refractivity contribution in [3.8, 4) is 5.75 Å². The molecule has 0 unspecified atom stereocenters. The van der Waals surface area contributed by atoms with Gasteiger partial charge in [0, 0.05) is 30.0 Å². The summed E-state index contributed by atoms with van der Waals surface area (Å²) in [5.74, 6) is 1.44. The summed E-state index contributed by atoms with van der Waals surface area (Å²) in [5, 5.41) is 0. The molecule has 2 atom stereocenters. The van der Waals surface area contributed by atoms with Gasteiger partial charge in [0.25, 0.3) is 5.91 Å². The Morgan fingerprint density at radius 3 is 2.78 bits per heavy atom. The first kappa shape index (κ1) is 16.8. The number of amides is 1. The lowest BCUT2D eigenvalue weighted by Crippen LogP contribution is -2.65. The zero-order valence-electron chi connectivity index (χ0n) is 15.9. The predicted octanol–water partition coefficient (Wildman–Crippen LogP) is 3.37. The van der Waals surface area contributed by atoms with Crippen LogP contribution in [0.5, 0.6) is 5.75 Å². The minimum Gasteiger partial charge on any atom is -0.487 e. The summed E-state index contributed by atoms with van der Waals surface area (Å²) < 4.78 is 18.0. The van der Waals surface area contributed by atoms with E-state index in [2.05, 4.69) is 24.9 Å². The molecule has 0 saturated carbocycles. The minimum atomic E-state index is -0.307. The van der Waals surface area contributed by atoms with Gasteiger partial charge in [0.2, 0.25) is 5.76 Å². The molecule has 1 spiro atoms. The fourth-order valence-electron chi connectivity index (χ4n) is 4.88. The van der Waals surface area contributed by atoms with Gasteiger partial charge in [0.1, 0.15) is 11.4 Å². The molecule has 0 bridgehead atoms. The molecule has 1 aromatic carbocycles. The largest absolute Gasteiger partial charge is 0.487 e. The lowest BCUT2D eigenvalue weighted by Gasteiger charge is -2.58. The number of fused-ring (bicyclic) bond motifs is 3. The van der Waals surface area contributed by atoms with E-state index in [0.717, 1.165) is 17.7 Å². The van der Waals surface area contributed by atoms with Gasteiger partial charge in [-0.2, -0.15) is 0 Å². The van der Waals surface area contributed by atoms with E-state index in [1.54, 1.807) is 6.92 Å². The number of para-hydroxylation sites is 1. The van der Waals surface area contributed by atoms with E-state index < -0.39 is 0 Å². The topological polar surface area (TPSA) is 64.8 Å². The summed E-state index contributed by atoms with van der Waals surface area (Å²) in [6.07, 6.45) is 2.36. The van der Waals surface area contributed by atoms with Crippen LogP contribution in [0.2, 0.25) is 0 Å². The van der Waals surface area contributed by atoms with Crippen LogP contribution in [0.3, 0.4) is 0 Å². The molecule has 1 amide bonds. The number of benzene rings is 1. The van der Waals surface area contributed by atoms with Gasteiger partial charge in [-0.15, -0.1) is 0 Å². The SMILES string of the molecule is Cc1ncoc1C(=O)N1CC2(CO[C@@H]3c4ccccc4OC(C)(C)[C@H]3C2)C1. The van der Waals surface area contributed by atoms with Gasteiger partial charge in [-0.05, 0) is 33.3 Å². The average Bonchev–Trinajstić information content (AvgIpc) is 3.04. The second-order valence-electron chi connectivity index (χ2n) is 8.71. The van der Waals surface area contributed by atoms with E-state index in [1.807, 2.05) is 23.1 Å². The van der Waals surface area contributed by atoms with Gasteiger partial charge >= 0.3 is 0 Å². The number of oxazole rings is 1. The summed E-state index contributed by atoms with van der Waals surface area (Å²) in [7, 11) is 0. The fourth-order valence-corrected chi connectivity index (χ4v) is 4.88. The smallest absolute Gasteiger partial charge is 0.291 e. The van der Waals surface area contributed by atoms with Crippen molar-refractivity contribution in [3.63, 3.8) is 0 Å². The molecule has 5 rings (SSSR count). The molecule has 0 aliphatic carbocycles. The summed E-state index contributed by atoms with van der Waals surface area (Å²) in [6.45, 7) is 8.11. The maximum absolute atomic E-state index is 12.6. The second kappa shape index (κ2) is 5.58. The summed E-state index contributed by atoms with van der Waals surface area (Å²) in [4.78, 5) is 18.5. The number of carbonyl (C=O) groups is 1. The number of ether oxygens (including phenoxy) is 2. The Balaban J connectivity index is 1.35. The highest BCUT2D eigenvalue weighted by molar-refractivity contribution is 5.93. The van der Waals surface area contributed by atoms with Crippen molar-refractivity contribution >= 4 is 5.91 Å². The van der Waals surface area contributed by atoms with E-state index in [0.29, 0.717) is 31.2 Å². The Labute approximate surface area is 158 Å². The van der Waals surface area contributed by atoms with Gasteiger partial charge < -0.3 is 18.8 Å². The van der Waals surface area contributed by atoms with Crippen LogP contribution in [-0.4, -0.2) is 41.1 Å². The van der Waals surface area contributed by atoms with Crippen LogP contribution in [0.1, 0.15) is 48.2 Å². The number of rotatable bonds is 1. The first-order chi connectivity index (χ1) is 12.9. The molecule has 3 aliphatic rings. The lowest BCUT2D eigenvalue weighted by atomic mass is 9.64. The van der Waals surface area contributed by atoms with Gasteiger partial charge in [0.05, 0.1) is 18.4 Å². The van der Waals surface area contributed by atoms with E-state index in [9.17, 15) is 4.79 Å². The molecular weight excluding hydrogens is 344 g/mol. The Hall–Kier alpha value is -2.34. The van der Waals surface area contributed by atoms with Crippen molar-refractivity contribution in [2.45, 2.75) is 38.9 Å². The maximum Gasteiger partial charge on any atom is 0.291 e. The highest BCUT2D eigenvalue weighted by Crippen LogP contribution is 2.55. The molecule has 27 heavy (non-hydrogen) atoms. The molecule has 142 valence electrons. The van der Waals surface area contributed by atoms with Gasteiger partial charge in [0.15, 0.2) is 6.39 Å². The minimum absolute atomic E-state index is 0.00231. The monoisotopic (exact) mass is 368 g/mol. The van der Waals surface area contributed by atoms with Crippen molar-refractivity contribution < 1.29 is 18.7 Å². The third-order valence-corrected chi connectivity index (χ3v) is 6.36. The molecule has 0 radical (unpaired) electrons. The third kappa shape index (κ3) is 2.50. The highest BCUT2D eigenvalue weighted by Gasteiger charge is 2.56. The van der Waals surface area contributed by atoms with Crippen LogP contribution in [0, 0.1) is 18.3 Å². The number of aromatic nitrogens is 1. The van der Waals surface area contributed by atoms with Crippen molar-refractivity contribution in [1.29, 1.82) is 0 Å². The van der Waals surface area contributed by atoms with Crippen LogP contribution < -0.4 is 4.74 Å². The van der Waals surface area contributed by atoms with Crippen LogP contribution in [0.25, 0.3) is 0 Å². The van der Waals surface area contributed by atoms with Crippen LogP contribution in [0.4, 0.5) is 0 Å². The predicted molar refractivity (Wildman–Crippen MR) is 97.5 cm³/mol. The first-order valence-electron chi connectivity index (χ1n) is 9.47. The number of likely N-dealkylation sites (tertiary alicyclic amines) is 1. The summed E-state index contributed by atoms with van der Waals surface area (Å²) in [5.41, 5.74) is 1.47. The lowest BCUT2D eigenvalue weighted by molar-refractivity contribution is -0.192. The molecule has 3 aliphatic heterocycles. The van der Waals surface area contributed by atoms with E-state index in [4.69, 9.17) is 13.9 Å². The van der Waals surface area contributed by atoms with E-state index in [-0.39, 0.29) is 28.9 Å². The van der Waals surface area contributed by atoms with Gasteiger partial charge in [-0.3, -0.25) is 4.79 Å². The molecule has 2 aromatic rings. The molecule has 6 heteroatoms. The zero-order chi connectivity index (χ0) is 18.8. The van der Waals surface area contributed by atoms with Crippen molar-refractivity contribution in [2.75, 3.05) is 19.7 Å². The number of hydrogen-bond donors (Lipinski definition) is 0. The molecular formula is C21H24N2O4.